The molecule has 0 saturated carbocycles. The van der Waals surface area contributed by atoms with Crippen molar-refractivity contribution in [2.75, 3.05) is 30.8 Å². The molecule has 1 aliphatic heterocycles. The molecule has 1 heterocycles. The van der Waals surface area contributed by atoms with Crippen LogP contribution in [0, 0.1) is 5.82 Å². The highest BCUT2D eigenvalue weighted by molar-refractivity contribution is 7.90. The van der Waals surface area contributed by atoms with Crippen molar-refractivity contribution in [3.63, 3.8) is 0 Å². The van der Waals surface area contributed by atoms with E-state index in [1.165, 1.54) is 12.1 Å². The van der Waals surface area contributed by atoms with E-state index in [0.717, 1.165) is 31.6 Å². The second kappa shape index (κ2) is 4.85. The minimum Gasteiger partial charge on any atom is -0.369 e. The van der Waals surface area contributed by atoms with Gasteiger partial charge in [-0.3, -0.25) is 0 Å². The van der Waals surface area contributed by atoms with Gasteiger partial charge in [-0.25, -0.2) is 12.8 Å². The van der Waals surface area contributed by atoms with Crippen LogP contribution >= 0.6 is 0 Å². The van der Waals surface area contributed by atoms with Gasteiger partial charge in [0.15, 0.2) is 9.84 Å². The van der Waals surface area contributed by atoms with Gasteiger partial charge in [-0.1, -0.05) is 0 Å². The highest BCUT2D eigenvalue weighted by Gasteiger charge is 2.19. The van der Waals surface area contributed by atoms with Crippen LogP contribution < -0.4 is 10.2 Å². The van der Waals surface area contributed by atoms with Crippen molar-refractivity contribution in [3.8, 4) is 0 Å². The molecule has 1 aliphatic rings. The largest absolute Gasteiger partial charge is 0.369 e. The van der Waals surface area contributed by atoms with Gasteiger partial charge in [0.05, 0.1) is 0 Å². The summed E-state index contributed by atoms with van der Waals surface area (Å²) in [5, 5.41) is 3.30. The third-order valence-electron chi connectivity index (χ3n) is 3.05. The Morgan fingerprint density at radius 2 is 2.17 bits per heavy atom. The molecule has 6 heteroatoms. The lowest BCUT2D eigenvalue weighted by molar-refractivity contribution is 0.483. The fourth-order valence-corrected chi connectivity index (χ4v) is 2.88. The van der Waals surface area contributed by atoms with E-state index in [1.807, 2.05) is 0 Å². The highest BCUT2D eigenvalue weighted by Crippen LogP contribution is 2.22. The van der Waals surface area contributed by atoms with Crippen LogP contribution in [0.3, 0.4) is 0 Å². The number of benzene rings is 1. The van der Waals surface area contributed by atoms with E-state index in [0.29, 0.717) is 6.04 Å². The maximum Gasteiger partial charge on any atom is 0.178 e. The highest BCUT2D eigenvalue weighted by atomic mass is 32.2. The number of halogens is 1. The normalized spacial score (nSPS) is 21.1. The molecule has 0 aromatic heterocycles. The van der Waals surface area contributed by atoms with E-state index in [-0.39, 0.29) is 4.90 Å². The van der Waals surface area contributed by atoms with Crippen molar-refractivity contribution in [2.45, 2.75) is 17.9 Å². The van der Waals surface area contributed by atoms with Gasteiger partial charge >= 0.3 is 0 Å². The molecule has 1 atom stereocenters. The van der Waals surface area contributed by atoms with Crippen LogP contribution in [0.2, 0.25) is 0 Å². The average molecular weight is 272 g/mol. The number of anilines is 1. The molecule has 0 radical (unpaired) electrons. The summed E-state index contributed by atoms with van der Waals surface area (Å²) in [7, 11) is -3.50. The van der Waals surface area contributed by atoms with Crippen LogP contribution in [0.25, 0.3) is 0 Å². The van der Waals surface area contributed by atoms with Crippen molar-refractivity contribution in [2.24, 2.45) is 0 Å². The molecule has 4 nitrogen and oxygen atoms in total. The van der Waals surface area contributed by atoms with Gasteiger partial charge < -0.3 is 10.2 Å². The van der Waals surface area contributed by atoms with Crippen LogP contribution in [0.4, 0.5) is 10.1 Å². The first-order chi connectivity index (χ1) is 8.38. The van der Waals surface area contributed by atoms with Crippen LogP contribution in [-0.2, 0) is 9.84 Å². The zero-order valence-corrected chi connectivity index (χ0v) is 11.3. The molecule has 18 heavy (non-hydrogen) atoms. The number of hydrogen-bond donors (Lipinski definition) is 1. The van der Waals surface area contributed by atoms with E-state index in [4.69, 9.17) is 0 Å². The monoisotopic (exact) mass is 272 g/mol. The number of sulfone groups is 1. The van der Waals surface area contributed by atoms with Crippen LogP contribution in [0.5, 0.6) is 0 Å². The maximum atomic E-state index is 13.8. The predicted molar refractivity (Wildman–Crippen MR) is 69.2 cm³/mol. The lowest BCUT2D eigenvalue weighted by Crippen LogP contribution is -2.49. The molecule has 100 valence electrons. The van der Waals surface area contributed by atoms with E-state index in [9.17, 15) is 12.8 Å². The Hall–Kier alpha value is -1.14. The summed E-state index contributed by atoms with van der Waals surface area (Å²) < 4.78 is 36.4. The molecule has 0 aliphatic carbocycles. The molecular weight excluding hydrogens is 255 g/mol. The van der Waals surface area contributed by atoms with Gasteiger partial charge in [0.1, 0.15) is 10.7 Å². The second-order valence-electron chi connectivity index (χ2n) is 4.69. The number of nitrogens with zero attached hydrogens (tertiary/aromatic N) is 1. The minimum atomic E-state index is -3.50. The molecule has 0 unspecified atom stereocenters. The third-order valence-corrected chi connectivity index (χ3v) is 4.18. The number of piperazine rings is 1. The minimum absolute atomic E-state index is 0.241. The van der Waals surface area contributed by atoms with Gasteiger partial charge in [-0.05, 0) is 25.1 Å². The Balaban J connectivity index is 2.29. The van der Waals surface area contributed by atoms with Crippen molar-refractivity contribution >= 4 is 15.5 Å². The molecule has 1 aromatic rings. The van der Waals surface area contributed by atoms with Crippen LogP contribution in [0.1, 0.15) is 6.92 Å². The summed E-state index contributed by atoms with van der Waals surface area (Å²) in [4.78, 5) is 1.81. The van der Waals surface area contributed by atoms with E-state index >= 15 is 0 Å². The standard InChI is InChI=1S/C12H17FN2O2S/c1-9-8-15(6-5-14-9)10-3-4-12(11(13)7-10)18(2,16)17/h3-4,7,9,14H,5-6,8H2,1-2H3/t9-/m1/s1. The van der Waals surface area contributed by atoms with E-state index < -0.39 is 15.7 Å². The van der Waals surface area contributed by atoms with Gasteiger partial charge in [-0.2, -0.15) is 0 Å². The van der Waals surface area contributed by atoms with E-state index in [1.54, 1.807) is 6.07 Å². The average Bonchev–Trinajstić information content (AvgIpc) is 2.27. The summed E-state index contributed by atoms with van der Waals surface area (Å²) in [5.74, 6) is -0.679. The molecule has 2 rings (SSSR count). The fraction of sp³-hybridized carbons (Fsp3) is 0.500. The quantitative estimate of drug-likeness (QED) is 0.873. The number of rotatable bonds is 2. The summed E-state index contributed by atoms with van der Waals surface area (Å²) >= 11 is 0. The Morgan fingerprint density at radius 1 is 1.44 bits per heavy atom. The lowest BCUT2D eigenvalue weighted by atomic mass is 10.2. The Kier molecular flexibility index (Phi) is 3.59. The Bertz CT molecular complexity index is 545. The number of hydrogen-bond acceptors (Lipinski definition) is 4. The van der Waals surface area contributed by atoms with Gasteiger partial charge in [0.25, 0.3) is 0 Å². The van der Waals surface area contributed by atoms with Gasteiger partial charge in [0.2, 0.25) is 0 Å². The van der Waals surface area contributed by atoms with Crippen molar-refractivity contribution < 1.29 is 12.8 Å². The molecule has 1 fully saturated rings. The first-order valence-corrected chi connectivity index (χ1v) is 7.75. The Morgan fingerprint density at radius 3 is 2.72 bits per heavy atom. The summed E-state index contributed by atoms with van der Waals surface area (Å²) in [6.45, 7) is 4.49. The van der Waals surface area contributed by atoms with Gasteiger partial charge in [-0.15, -0.1) is 0 Å². The molecule has 1 aromatic carbocycles. The summed E-state index contributed by atoms with van der Waals surface area (Å²) in [5.41, 5.74) is 0.730. The summed E-state index contributed by atoms with van der Waals surface area (Å²) in [6.07, 6.45) is 1.01. The van der Waals surface area contributed by atoms with Crippen LogP contribution in [0.15, 0.2) is 23.1 Å². The summed E-state index contributed by atoms with van der Waals surface area (Å²) in [6, 6.07) is 4.65. The second-order valence-corrected chi connectivity index (χ2v) is 6.67. The molecule has 0 spiro atoms. The Labute approximate surface area is 107 Å². The van der Waals surface area contributed by atoms with Crippen LogP contribution in [-0.4, -0.2) is 40.3 Å². The SMILES string of the molecule is C[C@@H]1CN(c2ccc(S(C)(=O)=O)c(F)c2)CCN1. The smallest absolute Gasteiger partial charge is 0.178 e. The lowest BCUT2D eigenvalue weighted by Gasteiger charge is -2.33. The third kappa shape index (κ3) is 2.81. The molecule has 0 bridgehead atoms. The van der Waals surface area contributed by atoms with E-state index in [2.05, 4.69) is 17.1 Å². The topological polar surface area (TPSA) is 49.4 Å². The molecule has 1 N–H and O–H groups in total. The predicted octanol–water partition coefficient (Wildman–Crippen LogP) is 1.03. The molecule has 0 amide bonds. The van der Waals surface area contributed by atoms with Crippen molar-refractivity contribution in [3.05, 3.63) is 24.0 Å². The number of nitrogens with one attached hydrogen (secondary N) is 1. The first kappa shape index (κ1) is 13.3. The fourth-order valence-electron chi connectivity index (χ4n) is 2.15. The zero-order chi connectivity index (χ0) is 13.3. The van der Waals surface area contributed by atoms with Crippen molar-refractivity contribution in [1.29, 1.82) is 0 Å². The van der Waals surface area contributed by atoms with Gasteiger partial charge in [0, 0.05) is 37.6 Å². The van der Waals surface area contributed by atoms with Crippen molar-refractivity contribution in [1.82, 2.24) is 5.32 Å². The molecular formula is C12H17FN2O2S. The maximum absolute atomic E-state index is 13.8. The zero-order valence-electron chi connectivity index (χ0n) is 10.5. The molecule has 1 saturated heterocycles. The first-order valence-electron chi connectivity index (χ1n) is 5.86.